The third kappa shape index (κ3) is 3.45. The van der Waals surface area contributed by atoms with Gasteiger partial charge in [-0.25, -0.2) is 9.50 Å². The number of aryl methyl sites for hydroxylation is 1. The van der Waals surface area contributed by atoms with Crippen molar-refractivity contribution in [3.8, 4) is 0 Å². The van der Waals surface area contributed by atoms with Gasteiger partial charge in [0.2, 0.25) is 0 Å². The van der Waals surface area contributed by atoms with Crippen LogP contribution in [0.15, 0.2) is 36.7 Å². The van der Waals surface area contributed by atoms with E-state index in [0.29, 0.717) is 36.3 Å². The van der Waals surface area contributed by atoms with Crippen LogP contribution in [-0.2, 0) is 6.42 Å². The van der Waals surface area contributed by atoms with Crippen LogP contribution in [0.1, 0.15) is 59.2 Å². The number of nitrogens with zero attached hydrogens (tertiary/aromatic N) is 5. The second-order valence-electron chi connectivity index (χ2n) is 9.99. The number of Topliss-reactive ketones (excluding diaryl/α,β-unsaturated/α-hetero) is 1. The van der Waals surface area contributed by atoms with Crippen LogP contribution in [-0.4, -0.2) is 56.9 Å². The summed E-state index contributed by atoms with van der Waals surface area (Å²) in [4.78, 5) is 34.7. The number of piperazine rings is 1. The largest absolute Gasteiger partial charge is 0.365 e. The van der Waals surface area contributed by atoms with E-state index in [0.717, 1.165) is 18.7 Å². The van der Waals surface area contributed by atoms with Crippen molar-refractivity contribution in [2.45, 2.75) is 46.6 Å². The highest BCUT2D eigenvalue weighted by atomic mass is 16.2. The Hall–Kier alpha value is -3.22. The maximum Gasteiger partial charge on any atom is 0.259 e. The van der Waals surface area contributed by atoms with Gasteiger partial charge in [-0.2, -0.15) is 5.10 Å². The first kappa shape index (κ1) is 20.7. The molecule has 7 heteroatoms. The molecule has 0 spiro atoms. The summed E-state index contributed by atoms with van der Waals surface area (Å²) in [5.41, 5.74) is 4.81. The third-order valence-corrected chi connectivity index (χ3v) is 6.69. The Morgan fingerprint density at radius 2 is 1.97 bits per heavy atom. The lowest BCUT2D eigenvalue weighted by Gasteiger charge is -2.41. The molecule has 1 saturated heterocycles. The highest BCUT2D eigenvalue weighted by molar-refractivity contribution is 6.01. The first-order chi connectivity index (χ1) is 15.2. The molecule has 32 heavy (non-hydrogen) atoms. The average molecular weight is 432 g/mol. The van der Waals surface area contributed by atoms with E-state index in [2.05, 4.69) is 66.9 Å². The van der Waals surface area contributed by atoms with Gasteiger partial charge in [0.05, 0.1) is 17.5 Å². The molecular formula is C25H29N5O2. The van der Waals surface area contributed by atoms with Crippen molar-refractivity contribution >= 4 is 23.0 Å². The SMILES string of the molecule is Cc1cccc(N2CCN(C(=O)c3cnn4c5c(cnc34)C(=O)CC(C)(C)C5)C[C@@H]2C)c1. The number of carbonyl (C=O) groups excluding carboxylic acids is 2. The molecule has 1 aliphatic carbocycles. The minimum absolute atomic E-state index is 0.0513. The zero-order valence-electron chi connectivity index (χ0n) is 19.1. The van der Waals surface area contributed by atoms with E-state index >= 15 is 0 Å². The van der Waals surface area contributed by atoms with Crippen LogP contribution in [0.25, 0.3) is 5.65 Å². The highest BCUT2D eigenvalue weighted by Crippen LogP contribution is 2.35. The smallest absolute Gasteiger partial charge is 0.259 e. The fourth-order valence-electron chi connectivity index (χ4n) is 5.08. The lowest BCUT2D eigenvalue weighted by molar-refractivity contribution is 0.0728. The van der Waals surface area contributed by atoms with Gasteiger partial charge in [0.1, 0.15) is 5.56 Å². The Morgan fingerprint density at radius 1 is 1.16 bits per heavy atom. The van der Waals surface area contributed by atoms with Gasteiger partial charge in [-0.05, 0) is 43.4 Å². The zero-order chi connectivity index (χ0) is 22.6. The number of carbonyl (C=O) groups is 2. The van der Waals surface area contributed by atoms with Crippen LogP contribution < -0.4 is 4.90 Å². The summed E-state index contributed by atoms with van der Waals surface area (Å²) in [7, 11) is 0. The number of rotatable bonds is 2. The van der Waals surface area contributed by atoms with E-state index in [1.807, 2.05) is 4.90 Å². The monoisotopic (exact) mass is 431 g/mol. The topological polar surface area (TPSA) is 70.8 Å². The number of hydrogen-bond acceptors (Lipinski definition) is 5. The van der Waals surface area contributed by atoms with Crippen LogP contribution in [0, 0.1) is 12.3 Å². The van der Waals surface area contributed by atoms with Gasteiger partial charge in [-0.1, -0.05) is 26.0 Å². The molecule has 0 radical (unpaired) electrons. The Labute approximate surface area is 188 Å². The van der Waals surface area contributed by atoms with Crippen LogP contribution in [0.2, 0.25) is 0 Å². The first-order valence-corrected chi connectivity index (χ1v) is 11.2. The predicted molar refractivity (Wildman–Crippen MR) is 123 cm³/mol. The molecule has 0 saturated carbocycles. The fraction of sp³-hybridized carbons (Fsp3) is 0.440. The van der Waals surface area contributed by atoms with E-state index in [9.17, 15) is 9.59 Å². The van der Waals surface area contributed by atoms with Crippen molar-refractivity contribution in [2.75, 3.05) is 24.5 Å². The molecular weight excluding hydrogens is 402 g/mol. The Morgan fingerprint density at radius 3 is 2.72 bits per heavy atom. The van der Waals surface area contributed by atoms with Gasteiger partial charge >= 0.3 is 0 Å². The highest BCUT2D eigenvalue weighted by Gasteiger charge is 2.35. The molecule has 1 aromatic carbocycles. The predicted octanol–water partition coefficient (Wildman–Crippen LogP) is 3.54. The van der Waals surface area contributed by atoms with Gasteiger partial charge in [0.15, 0.2) is 11.4 Å². The van der Waals surface area contributed by atoms with Crippen LogP contribution >= 0.6 is 0 Å². The molecule has 3 aromatic rings. The van der Waals surface area contributed by atoms with Crippen molar-refractivity contribution in [1.82, 2.24) is 19.5 Å². The second-order valence-corrected chi connectivity index (χ2v) is 9.99. The van der Waals surface area contributed by atoms with Crippen LogP contribution in [0.5, 0.6) is 0 Å². The summed E-state index contributed by atoms with van der Waals surface area (Å²) >= 11 is 0. The summed E-state index contributed by atoms with van der Waals surface area (Å²) in [5.74, 6) is 0.0414. The average Bonchev–Trinajstić information content (AvgIpc) is 3.17. The van der Waals surface area contributed by atoms with E-state index in [1.165, 1.54) is 11.3 Å². The van der Waals surface area contributed by atoms with E-state index in [-0.39, 0.29) is 23.1 Å². The molecule has 166 valence electrons. The van der Waals surface area contributed by atoms with Crippen molar-refractivity contribution in [2.24, 2.45) is 5.41 Å². The molecule has 1 aliphatic heterocycles. The lowest BCUT2D eigenvalue weighted by atomic mass is 9.76. The number of benzene rings is 1. The van der Waals surface area contributed by atoms with Gasteiger partial charge in [-0.3, -0.25) is 9.59 Å². The molecule has 7 nitrogen and oxygen atoms in total. The molecule has 2 aromatic heterocycles. The molecule has 1 fully saturated rings. The van der Waals surface area contributed by atoms with Crippen molar-refractivity contribution in [3.63, 3.8) is 0 Å². The summed E-state index contributed by atoms with van der Waals surface area (Å²) in [5, 5.41) is 4.48. The molecule has 5 rings (SSSR count). The first-order valence-electron chi connectivity index (χ1n) is 11.2. The second kappa shape index (κ2) is 7.43. The third-order valence-electron chi connectivity index (χ3n) is 6.69. The zero-order valence-corrected chi connectivity index (χ0v) is 19.1. The summed E-state index contributed by atoms with van der Waals surface area (Å²) < 4.78 is 1.70. The summed E-state index contributed by atoms with van der Waals surface area (Å²) in [6, 6.07) is 8.69. The molecule has 0 unspecified atom stereocenters. The Kier molecular flexibility index (Phi) is 4.80. The van der Waals surface area contributed by atoms with Gasteiger partial charge in [0, 0.05) is 44.0 Å². The van der Waals surface area contributed by atoms with E-state index < -0.39 is 0 Å². The van der Waals surface area contributed by atoms with Crippen molar-refractivity contribution in [3.05, 3.63) is 59.0 Å². The van der Waals surface area contributed by atoms with E-state index in [4.69, 9.17) is 0 Å². The number of aromatic nitrogens is 3. The van der Waals surface area contributed by atoms with Crippen LogP contribution in [0.4, 0.5) is 5.69 Å². The molecule has 0 bridgehead atoms. The normalized spacial score (nSPS) is 20.5. The number of hydrogen-bond donors (Lipinski definition) is 0. The Balaban J connectivity index is 1.41. The molecule has 2 aliphatic rings. The van der Waals surface area contributed by atoms with Crippen molar-refractivity contribution < 1.29 is 9.59 Å². The molecule has 3 heterocycles. The maximum absolute atomic E-state index is 13.4. The minimum atomic E-state index is -0.129. The number of ketones is 1. The van der Waals surface area contributed by atoms with Gasteiger partial charge < -0.3 is 9.80 Å². The minimum Gasteiger partial charge on any atom is -0.365 e. The summed E-state index contributed by atoms with van der Waals surface area (Å²) in [6.07, 6.45) is 4.46. The van der Waals surface area contributed by atoms with Gasteiger partial charge in [0.25, 0.3) is 5.91 Å². The van der Waals surface area contributed by atoms with Gasteiger partial charge in [-0.15, -0.1) is 0 Å². The molecule has 0 N–H and O–H groups in total. The van der Waals surface area contributed by atoms with Crippen LogP contribution in [0.3, 0.4) is 0 Å². The lowest BCUT2D eigenvalue weighted by Crippen LogP contribution is -2.53. The standard InChI is InChI=1S/C25H29N5O2/c1-16-6-5-7-18(10-16)29-9-8-28(15-17(29)2)24(32)20-14-27-30-21-11-25(3,4)12-22(31)19(21)13-26-23(20)30/h5-7,10,13-14,17H,8-9,11-12,15H2,1-4H3/t17-/m0/s1. The maximum atomic E-state index is 13.4. The quantitative estimate of drug-likeness (QED) is 0.621. The Bertz CT molecular complexity index is 1230. The number of anilines is 1. The summed E-state index contributed by atoms with van der Waals surface area (Å²) in [6.45, 7) is 10.5. The molecule has 1 amide bonds. The number of fused-ring (bicyclic) bond motifs is 3. The van der Waals surface area contributed by atoms with E-state index in [1.54, 1.807) is 16.9 Å². The fourth-order valence-corrected chi connectivity index (χ4v) is 5.08. The number of amides is 1. The van der Waals surface area contributed by atoms with Crippen molar-refractivity contribution in [1.29, 1.82) is 0 Å². The molecule has 1 atom stereocenters.